The van der Waals surface area contributed by atoms with Crippen LogP contribution in [0, 0.1) is 5.92 Å². The fourth-order valence-electron chi connectivity index (χ4n) is 6.00. The SMILES string of the molecule is FC(F)c1nc2ccccc2n1-c1cc(N2CCOCC2)nc(CCC[C@H]2CCCN(Cc3ccccc3)C2)n1. The van der Waals surface area contributed by atoms with Crippen molar-refractivity contribution < 1.29 is 13.5 Å². The second-order valence-electron chi connectivity index (χ2n) is 10.8. The monoisotopic (exact) mass is 546 g/mol. The Labute approximate surface area is 233 Å². The Kier molecular flexibility index (Phi) is 8.29. The first-order valence-corrected chi connectivity index (χ1v) is 14.4. The first-order valence-electron chi connectivity index (χ1n) is 14.4. The molecule has 1 atom stereocenters. The lowest BCUT2D eigenvalue weighted by molar-refractivity contribution is 0.122. The molecule has 2 saturated heterocycles. The van der Waals surface area contributed by atoms with Crippen LogP contribution < -0.4 is 4.90 Å². The van der Waals surface area contributed by atoms with E-state index >= 15 is 0 Å². The van der Waals surface area contributed by atoms with Crippen LogP contribution >= 0.6 is 0 Å². The number of para-hydroxylation sites is 2. The molecule has 0 aliphatic carbocycles. The minimum absolute atomic E-state index is 0.292. The quantitative estimate of drug-likeness (QED) is 0.264. The second-order valence-corrected chi connectivity index (χ2v) is 10.8. The van der Waals surface area contributed by atoms with Crippen LogP contribution in [-0.2, 0) is 17.7 Å². The molecule has 2 aromatic heterocycles. The summed E-state index contributed by atoms with van der Waals surface area (Å²) in [6, 6.07) is 19.7. The van der Waals surface area contributed by atoms with Gasteiger partial charge in [-0.1, -0.05) is 42.5 Å². The second kappa shape index (κ2) is 12.4. The fraction of sp³-hybridized carbons (Fsp3) is 0.452. The van der Waals surface area contributed by atoms with Crippen molar-refractivity contribution >= 4 is 16.9 Å². The molecule has 4 heterocycles. The van der Waals surface area contributed by atoms with Crippen molar-refractivity contribution in [2.45, 2.75) is 45.1 Å². The Balaban J connectivity index is 1.21. The highest BCUT2D eigenvalue weighted by atomic mass is 19.3. The lowest BCUT2D eigenvalue weighted by Crippen LogP contribution is -2.37. The summed E-state index contributed by atoms with van der Waals surface area (Å²) < 4.78 is 35.3. The van der Waals surface area contributed by atoms with Crippen LogP contribution in [-0.4, -0.2) is 63.8 Å². The Morgan fingerprint density at radius 3 is 2.50 bits per heavy atom. The molecule has 0 spiro atoms. The van der Waals surface area contributed by atoms with Crippen LogP contribution in [0.15, 0.2) is 60.7 Å². The van der Waals surface area contributed by atoms with E-state index in [4.69, 9.17) is 14.7 Å². The van der Waals surface area contributed by atoms with Gasteiger partial charge in [0.2, 0.25) is 0 Å². The molecule has 0 amide bonds. The highest BCUT2D eigenvalue weighted by Gasteiger charge is 2.24. The number of halogens is 2. The minimum atomic E-state index is -2.72. The first-order chi connectivity index (χ1) is 19.6. The largest absolute Gasteiger partial charge is 0.378 e. The molecule has 2 fully saturated rings. The van der Waals surface area contributed by atoms with Gasteiger partial charge in [-0.3, -0.25) is 9.47 Å². The Morgan fingerprint density at radius 1 is 0.900 bits per heavy atom. The molecule has 0 bridgehead atoms. The lowest BCUT2D eigenvalue weighted by atomic mass is 9.92. The molecule has 2 aliphatic heterocycles. The molecule has 0 N–H and O–H groups in total. The molecular weight excluding hydrogens is 510 g/mol. The van der Waals surface area contributed by atoms with E-state index in [0.717, 1.165) is 38.3 Å². The maximum atomic E-state index is 14.1. The smallest absolute Gasteiger partial charge is 0.296 e. The number of aromatic nitrogens is 4. The molecule has 210 valence electrons. The van der Waals surface area contributed by atoms with Gasteiger partial charge in [-0.15, -0.1) is 0 Å². The topological polar surface area (TPSA) is 59.3 Å². The van der Waals surface area contributed by atoms with E-state index in [1.165, 1.54) is 23.0 Å². The first kappa shape index (κ1) is 26.8. The van der Waals surface area contributed by atoms with E-state index in [1.54, 1.807) is 6.07 Å². The summed E-state index contributed by atoms with van der Waals surface area (Å²) in [6.45, 7) is 5.90. The number of fused-ring (bicyclic) bond motifs is 1. The van der Waals surface area contributed by atoms with Gasteiger partial charge < -0.3 is 9.64 Å². The predicted molar refractivity (Wildman–Crippen MR) is 152 cm³/mol. The van der Waals surface area contributed by atoms with Crippen LogP contribution in [0.2, 0.25) is 0 Å². The van der Waals surface area contributed by atoms with Gasteiger partial charge in [-0.25, -0.2) is 23.7 Å². The number of imidazole rings is 1. The van der Waals surface area contributed by atoms with E-state index < -0.39 is 6.43 Å². The van der Waals surface area contributed by atoms with Crippen molar-refractivity contribution in [2.75, 3.05) is 44.3 Å². The van der Waals surface area contributed by atoms with Crippen LogP contribution in [0.1, 0.15) is 49.3 Å². The zero-order valence-electron chi connectivity index (χ0n) is 22.8. The highest BCUT2D eigenvalue weighted by Crippen LogP contribution is 2.29. The number of aryl methyl sites for hydroxylation is 1. The molecule has 0 saturated carbocycles. The third-order valence-electron chi connectivity index (χ3n) is 7.96. The van der Waals surface area contributed by atoms with Crippen LogP contribution in [0.4, 0.5) is 14.6 Å². The van der Waals surface area contributed by atoms with Gasteiger partial charge in [-0.2, -0.15) is 0 Å². The van der Waals surface area contributed by atoms with Crippen molar-refractivity contribution in [2.24, 2.45) is 5.92 Å². The third kappa shape index (κ3) is 6.15. The number of ether oxygens (including phenoxy) is 1. The molecule has 6 rings (SSSR count). The van der Waals surface area contributed by atoms with Gasteiger partial charge >= 0.3 is 0 Å². The van der Waals surface area contributed by atoms with Gasteiger partial charge in [0.25, 0.3) is 6.43 Å². The Bertz CT molecular complexity index is 1410. The molecule has 0 radical (unpaired) electrons. The summed E-state index contributed by atoms with van der Waals surface area (Å²) in [5.41, 5.74) is 2.51. The summed E-state index contributed by atoms with van der Waals surface area (Å²) in [5, 5.41) is 0. The van der Waals surface area contributed by atoms with E-state index in [-0.39, 0.29) is 5.82 Å². The summed E-state index contributed by atoms with van der Waals surface area (Å²) in [7, 11) is 0. The molecule has 9 heteroatoms. The predicted octanol–water partition coefficient (Wildman–Crippen LogP) is 5.82. The van der Waals surface area contributed by atoms with Gasteiger partial charge in [0, 0.05) is 38.7 Å². The molecule has 2 aliphatic rings. The van der Waals surface area contributed by atoms with Crippen LogP contribution in [0.25, 0.3) is 16.9 Å². The van der Waals surface area contributed by atoms with Crippen molar-refractivity contribution in [3.8, 4) is 5.82 Å². The van der Waals surface area contributed by atoms with Gasteiger partial charge in [0.15, 0.2) is 5.82 Å². The highest BCUT2D eigenvalue weighted by molar-refractivity contribution is 5.78. The standard InChI is InChI=1S/C31H36F2N6O/c32-30(33)31-34-25-12-4-5-13-26(25)39(31)29-20-28(38-16-18-40-19-17-38)35-27(36-29)14-6-10-24-11-7-15-37(22-24)21-23-8-2-1-3-9-23/h1-5,8-9,12-13,20,24,30H,6-7,10-11,14-19,21-22H2/t24-/m0/s1. The maximum absolute atomic E-state index is 14.1. The summed E-state index contributed by atoms with van der Waals surface area (Å²) in [5.74, 6) is 2.24. The number of alkyl halides is 2. The minimum Gasteiger partial charge on any atom is -0.378 e. The van der Waals surface area contributed by atoms with Crippen LogP contribution in [0.5, 0.6) is 0 Å². The maximum Gasteiger partial charge on any atom is 0.296 e. The summed E-state index contributed by atoms with van der Waals surface area (Å²) in [4.78, 5) is 18.7. The number of morpholine rings is 1. The van der Waals surface area contributed by atoms with Crippen molar-refractivity contribution in [3.05, 3.63) is 77.9 Å². The number of rotatable bonds is 9. The molecular formula is C31H36F2N6O. The third-order valence-corrected chi connectivity index (χ3v) is 7.96. The van der Waals surface area contributed by atoms with Crippen molar-refractivity contribution in [1.29, 1.82) is 0 Å². The molecule has 40 heavy (non-hydrogen) atoms. The summed E-state index contributed by atoms with van der Waals surface area (Å²) >= 11 is 0. The van der Waals surface area contributed by atoms with Gasteiger partial charge in [0.05, 0.1) is 24.2 Å². The number of piperidine rings is 1. The average Bonchev–Trinajstić information content (AvgIpc) is 3.39. The van der Waals surface area contributed by atoms with Gasteiger partial charge in [0.1, 0.15) is 17.5 Å². The number of anilines is 1. The number of nitrogens with zero attached hydrogens (tertiary/aromatic N) is 6. The van der Waals surface area contributed by atoms with E-state index in [2.05, 4.69) is 45.1 Å². The van der Waals surface area contributed by atoms with Crippen LogP contribution in [0.3, 0.4) is 0 Å². The molecule has 4 aromatic rings. The Morgan fingerprint density at radius 2 is 1.68 bits per heavy atom. The van der Waals surface area contributed by atoms with E-state index in [1.807, 2.05) is 24.3 Å². The zero-order valence-corrected chi connectivity index (χ0v) is 22.8. The number of benzene rings is 2. The van der Waals surface area contributed by atoms with Crippen molar-refractivity contribution in [3.63, 3.8) is 0 Å². The van der Waals surface area contributed by atoms with E-state index in [9.17, 15) is 8.78 Å². The number of likely N-dealkylation sites (tertiary alicyclic amines) is 1. The van der Waals surface area contributed by atoms with Gasteiger partial charge in [-0.05, 0) is 55.8 Å². The summed E-state index contributed by atoms with van der Waals surface area (Å²) in [6.07, 6.45) is 2.50. The number of hydrogen-bond acceptors (Lipinski definition) is 6. The lowest BCUT2D eigenvalue weighted by Gasteiger charge is -2.33. The fourth-order valence-corrected chi connectivity index (χ4v) is 6.00. The normalized spacial score (nSPS) is 18.6. The van der Waals surface area contributed by atoms with Crippen molar-refractivity contribution in [1.82, 2.24) is 24.4 Å². The number of hydrogen-bond donors (Lipinski definition) is 0. The molecule has 2 aromatic carbocycles. The molecule has 7 nitrogen and oxygen atoms in total. The zero-order chi connectivity index (χ0) is 27.3. The van der Waals surface area contributed by atoms with E-state index in [0.29, 0.717) is 61.3 Å². The average molecular weight is 547 g/mol. The molecule has 0 unspecified atom stereocenters. The Hall–Kier alpha value is -3.43.